The van der Waals surface area contributed by atoms with Crippen LogP contribution in [0.15, 0.2) is 41.5 Å². The van der Waals surface area contributed by atoms with Gasteiger partial charge >= 0.3 is 0 Å². The summed E-state index contributed by atoms with van der Waals surface area (Å²) in [7, 11) is 3.23. The first-order chi connectivity index (χ1) is 12.9. The minimum atomic E-state index is -0.352. The normalized spacial score (nSPS) is 11.2. The third kappa shape index (κ3) is 5.98. The number of rotatable bonds is 8. The molecule has 2 rings (SSSR count). The van der Waals surface area contributed by atoms with Crippen molar-refractivity contribution in [3.63, 3.8) is 0 Å². The number of carbonyl (C=O) groups is 1. The van der Waals surface area contributed by atoms with Gasteiger partial charge in [0.2, 0.25) is 0 Å². The second-order valence-electron chi connectivity index (χ2n) is 5.89. The Morgan fingerprint density at radius 3 is 2.56 bits per heavy atom. The summed E-state index contributed by atoms with van der Waals surface area (Å²) in [6.45, 7) is 3.95. The minimum Gasteiger partial charge on any atom is -0.496 e. The highest BCUT2D eigenvalue weighted by Gasteiger charge is 2.08. The average Bonchev–Trinajstić information content (AvgIpc) is 2.65. The molecule has 2 aromatic rings. The summed E-state index contributed by atoms with van der Waals surface area (Å²) >= 11 is 5.90. The molecule has 0 spiro atoms. The predicted molar refractivity (Wildman–Crippen MR) is 106 cm³/mol. The summed E-state index contributed by atoms with van der Waals surface area (Å²) in [6.07, 6.45) is 0. The Morgan fingerprint density at radius 2 is 1.89 bits per heavy atom. The highest BCUT2D eigenvalue weighted by molar-refractivity contribution is 6.30. The smallest absolute Gasteiger partial charge is 0.277 e. The number of halogens is 1. The first-order valence-corrected chi connectivity index (χ1v) is 8.70. The summed E-state index contributed by atoms with van der Waals surface area (Å²) in [5.74, 6) is 0.994. The minimum absolute atomic E-state index is 0.142. The summed E-state index contributed by atoms with van der Waals surface area (Å²) < 4.78 is 16.0. The summed E-state index contributed by atoms with van der Waals surface area (Å²) in [5.41, 5.74) is 5.78. The molecule has 0 atom stereocenters. The zero-order valence-electron chi connectivity index (χ0n) is 15.8. The van der Waals surface area contributed by atoms with Gasteiger partial charge in [0.1, 0.15) is 11.5 Å². The molecule has 1 N–H and O–H groups in total. The van der Waals surface area contributed by atoms with Crippen LogP contribution in [-0.4, -0.2) is 32.4 Å². The number of hydrogen-bond donors (Lipinski definition) is 1. The highest BCUT2D eigenvalue weighted by Crippen LogP contribution is 2.22. The number of benzene rings is 2. The maximum atomic E-state index is 12.0. The van der Waals surface area contributed by atoms with Gasteiger partial charge in [-0.3, -0.25) is 4.79 Å². The van der Waals surface area contributed by atoms with Crippen molar-refractivity contribution in [3.8, 4) is 11.5 Å². The van der Waals surface area contributed by atoms with E-state index in [2.05, 4.69) is 10.5 Å². The lowest BCUT2D eigenvalue weighted by atomic mass is 10.1. The van der Waals surface area contributed by atoms with Crippen LogP contribution < -0.4 is 14.9 Å². The van der Waals surface area contributed by atoms with Crippen molar-refractivity contribution in [1.82, 2.24) is 5.43 Å². The lowest BCUT2D eigenvalue weighted by Crippen LogP contribution is -2.25. The van der Waals surface area contributed by atoms with Crippen molar-refractivity contribution in [2.24, 2.45) is 5.10 Å². The van der Waals surface area contributed by atoms with Gasteiger partial charge in [0, 0.05) is 17.7 Å². The van der Waals surface area contributed by atoms with Crippen LogP contribution in [0, 0.1) is 6.92 Å². The second kappa shape index (κ2) is 9.94. The number of amides is 1. The largest absolute Gasteiger partial charge is 0.496 e. The lowest BCUT2D eigenvalue weighted by molar-refractivity contribution is -0.123. The highest BCUT2D eigenvalue weighted by atomic mass is 35.5. The van der Waals surface area contributed by atoms with Crippen molar-refractivity contribution in [2.45, 2.75) is 20.5 Å². The summed E-state index contributed by atoms with van der Waals surface area (Å²) in [5, 5.41) is 4.76. The zero-order valence-corrected chi connectivity index (χ0v) is 16.6. The van der Waals surface area contributed by atoms with Gasteiger partial charge in [-0.05, 0) is 61.4 Å². The van der Waals surface area contributed by atoms with E-state index in [0.717, 1.165) is 22.4 Å². The van der Waals surface area contributed by atoms with Crippen LogP contribution in [0.25, 0.3) is 0 Å². The van der Waals surface area contributed by atoms with Gasteiger partial charge in [-0.2, -0.15) is 5.10 Å². The van der Waals surface area contributed by atoms with Crippen molar-refractivity contribution in [3.05, 3.63) is 58.1 Å². The molecule has 0 aliphatic carbocycles. The van der Waals surface area contributed by atoms with Crippen molar-refractivity contribution >= 4 is 23.2 Å². The van der Waals surface area contributed by atoms with E-state index in [1.807, 2.05) is 32.0 Å². The number of hydrazone groups is 1. The topological polar surface area (TPSA) is 69.2 Å². The van der Waals surface area contributed by atoms with E-state index in [-0.39, 0.29) is 12.5 Å². The van der Waals surface area contributed by atoms with E-state index >= 15 is 0 Å². The van der Waals surface area contributed by atoms with Crippen LogP contribution in [0.3, 0.4) is 0 Å². The van der Waals surface area contributed by atoms with Crippen molar-refractivity contribution in [2.75, 3.05) is 20.8 Å². The van der Waals surface area contributed by atoms with Crippen LogP contribution >= 0.6 is 11.6 Å². The van der Waals surface area contributed by atoms with Crippen molar-refractivity contribution in [1.29, 1.82) is 0 Å². The Hall–Kier alpha value is -2.57. The first kappa shape index (κ1) is 20.7. The molecule has 27 heavy (non-hydrogen) atoms. The number of nitrogens with one attached hydrogen (secondary N) is 1. The Labute approximate surface area is 164 Å². The van der Waals surface area contributed by atoms with Crippen LogP contribution in [-0.2, 0) is 16.1 Å². The Morgan fingerprint density at radius 1 is 1.15 bits per heavy atom. The third-order valence-electron chi connectivity index (χ3n) is 3.84. The number of aryl methyl sites for hydroxylation is 1. The van der Waals surface area contributed by atoms with Gasteiger partial charge in [0.05, 0.1) is 19.4 Å². The fourth-order valence-corrected chi connectivity index (χ4v) is 2.66. The lowest BCUT2D eigenvalue weighted by Gasteiger charge is -2.11. The quantitative estimate of drug-likeness (QED) is 0.551. The molecular formula is C20H23ClN2O4. The van der Waals surface area contributed by atoms with E-state index in [4.69, 9.17) is 25.8 Å². The van der Waals surface area contributed by atoms with Gasteiger partial charge in [-0.1, -0.05) is 11.6 Å². The number of methoxy groups -OCH3 is 2. The molecule has 0 saturated carbocycles. The van der Waals surface area contributed by atoms with Crippen LogP contribution in [0.4, 0.5) is 0 Å². The fraction of sp³-hybridized carbons (Fsp3) is 0.300. The van der Waals surface area contributed by atoms with Gasteiger partial charge in [0.25, 0.3) is 5.91 Å². The molecule has 0 heterocycles. The van der Waals surface area contributed by atoms with E-state index in [1.165, 1.54) is 0 Å². The molecule has 0 radical (unpaired) electrons. The first-order valence-electron chi connectivity index (χ1n) is 8.33. The summed E-state index contributed by atoms with van der Waals surface area (Å²) in [6, 6.07) is 10.9. The Balaban J connectivity index is 1.97. The SMILES string of the molecule is COCc1cc(/C(C)=N\NC(=O)COc2ccc(Cl)cc2C)ccc1OC. The Kier molecular flexibility index (Phi) is 7.64. The van der Waals surface area contributed by atoms with Crippen LogP contribution in [0.2, 0.25) is 5.02 Å². The molecule has 0 fully saturated rings. The van der Waals surface area contributed by atoms with Gasteiger partial charge < -0.3 is 14.2 Å². The van der Waals surface area contributed by atoms with E-state index < -0.39 is 0 Å². The number of nitrogens with zero attached hydrogens (tertiary/aromatic N) is 1. The molecule has 2 aromatic carbocycles. The van der Waals surface area contributed by atoms with Crippen LogP contribution in [0.5, 0.6) is 11.5 Å². The molecule has 7 heteroatoms. The molecule has 0 saturated heterocycles. The summed E-state index contributed by atoms with van der Waals surface area (Å²) in [4.78, 5) is 12.0. The number of hydrogen-bond acceptors (Lipinski definition) is 5. The molecule has 1 amide bonds. The molecule has 144 valence electrons. The van der Waals surface area contributed by atoms with Gasteiger partial charge in [-0.15, -0.1) is 0 Å². The maximum Gasteiger partial charge on any atom is 0.277 e. The fourth-order valence-electron chi connectivity index (χ4n) is 2.43. The molecular weight excluding hydrogens is 368 g/mol. The maximum absolute atomic E-state index is 12.0. The van der Waals surface area contributed by atoms with Crippen molar-refractivity contribution < 1.29 is 19.0 Å². The van der Waals surface area contributed by atoms with E-state index in [9.17, 15) is 4.79 Å². The third-order valence-corrected chi connectivity index (χ3v) is 4.08. The monoisotopic (exact) mass is 390 g/mol. The number of carbonyl (C=O) groups excluding carboxylic acids is 1. The molecule has 0 aliphatic heterocycles. The van der Waals surface area contributed by atoms with Gasteiger partial charge in [0.15, 0.2) is 6.61 Å². The van der Waals surface area contributed by atoms with Gasteiger partial charge in [-0.25, -0.2) is 5.43 Å². The molecule has 6 nitrogen and oxygen atoms in total. The predicted octanol–water partition coefficient (Wildman–Crippen LogP) is 3.72. The van der Waals surface area contributed by atoms with E-state index in [1.54, 1.807) is 32.4 Å². The standard InChI is InChI=1S/C20H23ClN2O4/c1-13-9-17(21)6-8-18(13)27-12-20(24)23-22-14(2)15-5-7-19(26-4)16(10-15)11-25-3/h5-10H,11-12H2,1-4H3,(H,23,24)/b22-14-. The average molecular weight is 391 g/mol. The molecule has 0 aromatic heterocycles. The molecule has 0 aliphatic rings. The van der Waals surface area contributed by atoms with Crippen LogP contribution in [0.1, 0.15) is 23.6 Å². The zero-order chi connectivity index (χ0) is 19.8. The molecule has 0 bridgehead atoms. The number of ether oxygens (including phenoxy) is 3. The van der Waals surface area contributed by atoms with E-state index in [0.29, 0.717) is 23.1 Å². The second-order valence-corrected chi connectivity index (χ2v) is 6.33. The molecule has 0 unspecified atom stereocenters. The Bertz CT molecular complexity index is 837.